The van der Waals surface area contributed by atoms with Crippen molar-refractivity contribution < 1.29 is 19.4 Å². The molecule has 0 bridgehead atoms. The molecular formula is C18H20O4. The van der Waals surface area contributed by atoms with E-state index < -0.39 is 12.1 Å². The fourth-order valence-electron chi connectivity index (χ4n) is 2.32. The SMILES string of the molecule is COc1ccccc1OC(Cc1ccc(C)cc1C)C(=O)O. The van der Waals surface area contributed by atoms with Crippen molar-refractivity contribution in [3.05, 3.63) is 59.2 Å². The molecule has 1 unspecified atom stereocenters. The second kappa shape index (κ2) is 6.98. The van der Waals surface area contributed by atoms with Crippen LogP contribution in [0.5, 0.6) is 11.5 Å². The standard InChI is InChI=1S/C18H20O4/c1-12-8-9-14(13(2)10-12)11-17(18(19)20)22-16-7-5-4-6-15(16)21-3/h4-10,17H,11H2,1-3H3,(H,19,20). The summed E-state index contributed by atoms with van der Waals surface area (Å²) in [5.74, 6) is -0.0394. The maximum atomic E-state index is 11.5. The highest BCUT2D eigenvalue weighted by Gasteiger charge is 2.22. The number of aryl methyl sites for hydroxylation is 2. The molecule has 116 valence electrons. The number of hydrogen-bond acceptors (Lipinski definition) is 3. The fourth-order valence-corrected chi connectivity index (χ4v) is 2.32. The van der Waals surface area contributed by atoms with Gasteiger partial charge in [0.1, 0.15) is 0 Å². The van der Waals surface area contributed by atoms with Crippen LogP contribution in [0, 0.1) is 13.8 Å². The smallest absolute Gasteiger partial charge is 0.345 e. The van der Waals surface area contributed by atoms with Crippen LogP contribution < -0.4 is 9.47 Å². The van der Waals surface area contributed by atoms with Gasteiger partial charge in [0.05, 0.1) is 7.11 Å². The van der Waals surface area contributed by atoms with E-state index in [1.54, 1.807) is 18.2 Å². The van der Waals surface area contributed by atoms with Crippen LogP contribution in [0.15, 0.2) is 42.5 Å². The molecule has 1 atom stereocenters. The Hall–Kier alpha value is -2.49. The van der Waals surface area contributed by atoms with Crippen molar-refractivity contribution in [2.45, 2.75) is 26.4 Å². The summed E-state index contributed by atoms with van der Waals surface area (Å²) in [6.07, 6.45) is -0.655. The maximum absolute atomic E-state index is 11.5. The molecule has 2 aromatic carbocycles. The van der Waals surface area contributed by atoms with E-state index in [4.69, 9.17) is 9.47 Å². The van der Waals surface area contributed by atoms with Gasteiger partial charge in [-0.3, -0.25) is 0 Å². The van der Waals surface area contributed by atoms with Crippen molar-refractivity contribution in [1.82, 2.24) is 0 Å². The van der Waals surface area contributed by atoms with E-state index >= 15 is 0 Å². The monoisotopic (exact) mass is 300 g/mol. The van der Waals surface area contributed by atoms with Crippen molar-refractivity contribution in [2.75, 3.05) is 7.11 Å². The highest BCUT2D eigenvalue weighted by molar-refractivity contribution is 5.73. The summed E-state index contributed by atoms with van der Waals surface area (Å²) in [6, 6.07) is 13.0. The van der Waals surface area contributed by atoms with E-state index in [1.165, 1.54) is 7.11 Å². The molecule has 2 aromatic rings. The summed E-state index contributed by atoms with van der Waals surface area (Å²) in [5.41, 5.74) is 3.18. The van der Waals surface area contributed by atoms with Gasteiger partial charge in [-0.25, -0.2) is 4.79 Å². The Morgan fingerprint density at radius 1 is 1.14 bits per heavy atom. The predicted octanol–water partition coefficient (Wildman–Crippen LogP) is 3.39. The lowest BCUT2D eigenvalue weighted by Gasteiger charge is -2.18. The minimum Gasteiger partial charge on any atom is -0.493 e. The zero-order chi connectivity index (χ0) is 16.1. The highest BCUT2D eigenvalue weighted by atomic mass is 16.5. The van der Waals surface area contributed by atoms with Crippen LogP contribution in [0.1, 0.15) is 16.7 Å². The maximum Gasteiger partial charge on any atom is 0.345 e. The average Bonchev–Trinajstić information content (AvgIpc) is 2.49. The van der Waals surface area contributed by atoms with Gasteiger partial charge in [0.15, 0.2) is 17.6 Å². The van der Waals surface area contributed by atoms with Crippen LogP contribution in [-0.2, 0) is 11.2 Å². The molecule has 0 aliphatic rings. The number of benzene rings is 2. The van der Waals surface area contributed by atoms with E-state index in [2.05, 4.69) is 0 Å². The molecular weight excluding hydrogens is 280 g/mol. The number of aliphatic carboxylic acids is 1. The first-order chi connectivity index (χ1) is 10.5. The van der Waals surface area contributed by atoms with Crippen molar-refractivity contribution >= 4 is 5.97 Å². The number of methoxy groups -OCH3 is 1. The van der Waals surface area contributed by atoms with E-state index in [-0.39, 0.29) is 0 Å². The third kappa shape index (κ3) is 3.79. The van der Waals surface area contributed by atoms with Gasteiger partial charge in [-0.2, -0.15) is 0 Å². The second-order valence-corrected chi connectivity index (χ2v) is 5.23. The lowest BCUT2D eigenvalue weighted by molar-refractivity contribution is -0.145. The predicted molar refractivity (Wildman–Crippen MR) is 84.7 cm³/mol. The molecule has 4 nitrogen and oxygen atoms in total. The third-order valence-corrected chi connectivity index (χ3v) is 3.52. The van der Waals surface area contributed by atoms with Gasteiger partial charge in [0.25, 0.3) is 0 Å². The van der Waals surface area contributed by atoms with E-state index in [0.29, 0.717) is 17.9 Å². The molecule has 0 spiro atoms. The molecule has 0 radical (unpaired) electrons. The lowest BCUT2D eigenvalue weighted by atomic mass is 10.0. The molecule has 0 saturated heterocycles. The minimum absolute atomic E-state index is 0.305. The fraction of sp³-hybridized carbons (Fsp3) is 0.278. The number of carboxylic acid groups (broad SMARTS) is 1. The van der Waals surface area contributed by atoms with Crippen LogP contribution in [-0.4, -0.2) is 24.3 Å². The van der Waals surface area contributed by atoms with Gasteiger partial charge >= 0.3 is 5.97 Å². The first-order valence-electron chi connectivity index (χ1n) is 7.10. The van der Waals surface area contributed by atoms with Crippen LogP contribution in [0.3, 0.4) is 0 Å². The van der Waals surface area contributed by atoms with Gasteiger partial charge in [-0.05, 0) is 37.1 Å². The van der Waals surface area contributed by atoms with Gasteiger partial charge in [-0.1, -0.05) is 35.9 Å². The lowest BCUT2D eigenvalue weighted by Crippen LogP contribution is -2.29. The first-order valence-corrected chi connectivity index (χ1v) is 7.10. The summed E-state index contributed by atoms with van der Waals surface area (Å²) in [7, 11) is 1.53. The van der Waals surface area contributed by atoms with Crippen LogP contribution in [0.2, 0.25) is 0 Å². The van der Waals surface area contributed by atoms with Crippen molar-refractivity contribution in [3.63, 3.8) is 0 Å². The van der Waals surface area contributed by atoms with Gasteiger partial charge < -0.3 is 14.6 Å². The number of carbonyl (C=O) groups is 1. The second-order valence-electron chi connectivity index (χ2n) is 5.23. The van der Waals surface area contributed by atoms with Crippen molar-refractivity contribution in [2.24, 2.45) is 0 Å². The topological polar surface area (TPSA) is 55.8 Å². The van der Waals surface area contributed by atoms with Crippen LogP contribution in [0.4, 0.5) is 0 Å². The molecule has 0 saturated carbocycles. The van der Waals surface area contributed by atoms with Crippen molar-refractivity contribution in [1.29, 1.82) is 0 Å². The number of rotatable bonds is 6. The summed E-state index contributed by atoms with van der Waals surface area (Å²) in [6.45, 7) is 3.99. The summed E-state index contributed by atoms with van der Waals surface area (Å²) >= 11 is 0. The Labute approximate surface area is 130 Å². The zero-order valence-corrected chi connectivity index (χ0v) is 13.0. The summed E-state index contributed by atoms with van der Waals surface area (Å²) < 4.78 is 10.9. The van der Waals surface area contributed by atoms with E-state index in [9.17, 15) is 9.90 Å². The van der Waals surface area contributed by atoms with Crippen LogP contribution >= 0.6 is 0 Å². The molecule has 2 rings (SSSR count). The number of ether oxygens (including phenoxy) is 2. The first kappa shape index (κ1) is 15.9. The Morgan fingerprint density at radius 3 is 2.41 bits per heavy atom. The average molecular weight is 300 g/mol. The Morgan fingerprint density at radius 2 is 1.82 bits per heavy atom. The van der Waals surface area contributed by atoms with Gasteiger partial charge in [-0.15, -0.1) is 0 Å². The molecule has 22 heavy (non-hydrogen) atoms. The molecule has 0 aliphatic heterocycles. The highest BCUT2D eigenvalue weighted by Crippen LogP contribution is 2.27. The van der Waals surface area contributed by atoms with E-state index in [1.807, 2.05) is 38.1 Å². The quantitative estimate of drug-likeness (QED) is 0.888. The van der Waals surface area contributed by atoms with Gasteiger partial charge in [0.2, 0.25) is 0 Å². The van der Waals surface area contributed by atoms with Crippen LogP contribution in [0.25, 0.3) is 0 Å². The van der Waals surface area contributed by atoms with Crippen molar-refractivity contribution in [3.8, 4) is 11.5 Å². The van der Waals surface area contributed by atoms with Gasteiger partial charge in [0, 0.05) is 6.42 Å². The largest absolute Gasteiger partial charge is 0.493 e. The molecule has 0 fully saturated rings. The third-order valence-electron chi connectivity index (χ3n) is 3.52. The molecule has 1 N–H and O–H groups in total. The van der Waals surface area contributed by atoms with E-state index in [0.717, 1.165) is 16.7 Å². The Balaban J connectivity index is 2.22. The molecule has 0 aliphatic carbocycles. The molecule has 0 aromatic heterocycles. The Kier molecular flexibility index (Phi) is 5.04. The molecule has 4 heteroatoms. The molecule has 0 amide bonds. The normalized spacial score (nSPS) is 11.8. The zero-order valence-electron chi connectivity index (χ0n) is 13.0. The number of hydrogen-bond donors (Lipinski definition) is 1. The summed E-state index contributed by atoms with van der Waals surface area (Å²) in [4.78, 5) is 11.5. The minimum atomic E-state index is -0.995. The number of para-hydroxylation sites is 2. The molecule has 0 heterocycles. The summed E-state index contributed by atoms with van der Waals surface area (Å²) in [5, 5.41) is 9.44. The Bertz CT molecular complexity index is 664. The number of carboxylic acids is 1.